The summed E-state index contributed by atoms with van der Waals surface area (Å²) in [7, 11) is 0. The molecule has 1 aromatic carbocycles. The minimum absolute atomic E-state index is 0.0874. The number of H-pyrrole nitrogens is 1. The van der Waals surface area contributed by atoms with Crippen LogP contribution in [-0.4, -0.2) is 53.0 Å². The van der Waals surface area contributed by atoms with Gasteiger partial charge in [-0.2, -0.15) is 0 Å². The molecule has 23 heavy (non-hydrogen) atoms. The minimum Gasteiger partial charge on any atom is -0.378 e. The van der Waals surface area contributed by atoms with E-state index in [9.17, 15) is 9.59 Å². The summed E-state index contributed by atoms with van der Waals surface area (Å²) in [5, 5.41) is 2.73. The molecular weight excluding hydrogens is 364 g/mol. The summed E-state index contributed by atoms with van der Waals surface area (Å²) in [5.74, 6) is -0.670. The molecule has 1 saturated heterocycles. The van der Waals surface area contributed by atoms with Crippen LogP contribution in [0.5, 0.6) is 0 Å². The Kier molecular flexibility index (Phi) is 4.73. The Labute approximate surface area is 141 Å². The number of aromatic amines is 1. The van der Waals surface area contributed by atoms with E-state index in [0.717, 1.165) is 4.47 Å². The summed E-state index contributed by atoms with van der Waals surface area (Å²) < 4.78 is 6.15. The summed E-state index contributed by atoms with van der Waals surface area (Å²) >= 11 is 3.33. The van der Waals surface area contributed by atoms with Gasteiger partial charge in [-0.1, -0.05) is 15.9 Å². The normalized spacial score (nSPS) is 14.6. The van der Waals surface area contributed by atoms with Crippen molar-refractivity contribution < 1.29 is 14.3 Å². The molecule has 0 aliphatic carbocycles. The average molecular weight is 379 g/mol. The minimum atomic E-state index is -0.426. The van der Waals surface area contributed by atoms with E-state index in [-0.39, 0.29) is 17.3 Å². The number of halogens is 1. The average Bonchev–Trinajstić information content (AvgIpc) is 3.07. The Morgan fingerprint density at radius 3 is 2.61 bits per heavy atom. The van der Waals surface area contributed by atoms with Crippen molar-refractivity contribution in [3.63, 3.8) is 0 Å². The molecule has 2 aromatic rings. The predicted molar refractivity (Wildman–Crippen MR) is 87.4 cm³/mol. The molecule has 2 N–H and O–H groups in total. The molecular formula is C15H15BrN4O3. The van der Waals surface area contributed by atoms with Crippen LogP contribution in [0, 0.1) is 0 Å². The van der Waals surface area contributed by atoms with Crippen LogP contribution in [-0.2, 0) is 4.74 Å². The van der Waals surface area contributed by atoms with Crippen molar-refractivity contribution in [2.75, 3.05) is 31.6 Å². The number of imidazole rings is 1. The molecule has 0 radical (unpaired) electrons. The maximum atomic E-state index is 12.5. The Bertz CT molecular complexity index is 708. The van der Waals surface area contributed by atoms with Gasteiger partial charge in [-0.3, -0.25) is 9.59 Å². The van der Waals surface area contributed by atoms with Crippen LogP contribution in [0.1, 0.15) is 21.0 Å². The fourth-order valence-corrected chi connectivity index (χ4v) is 2.54. The van der Waals surface area contributed by atoms with E-state index in [1.54, 1.807) is 17.0 Å². The molecule has 0 atom stereocenters. The number of nitrogens with one attached hydrogen (secondary N) is 2. The summed E-state index contributed by atoms with van der Waals surface area (Å²) in [6.07, 6.45) is 1.35. The molecule has 8 heteroatoms. The molecule has 1 fully saturated rings. The summed E-state index contributed by atoms with van der Waals surface area (Å²) in [6.45, 7) is 2.01. The molecule has 1 aliphatic heterocycles. The van der Waals surface area contributed by atoms with Gasteiger partial charge in [0.2, 0.25) is 0 Å². The lowest BCUT2D eigenvalue weighted by Gasteiger charge is -2.26. The third-order valence-electron chi connectivity index (χ3n) is 3.47. The van der Waals surface area contributed by atoms with E-state index in [4.69, 9.17) is 4.74 Å². The number of rotatable bonds is 3. The van der Waals surface area contributed by atoms with Gasteiger partial charge in [0, 0.05) is 23.2 Å². The van der Waals surface area contributed by atoms with E-state index in [0.29, 0.717) is 32.0 Å². The highest BCUT2D eigenvalue weighted by atomic mass is 79.9. The van der Waals surface area contributed by atoms with Crippen LogP contribution in [0.4, 0.5) is 5.69 Å². The predicted octanol–water partition coefficient (Wildman–Crippen LogP) is 1.90. The van der Waals surface area contributed by atoms with E-state index in [2.05, 4.69) is 31.2 Å². The lowest BCUT2D eigenvalue weighted by atomic mass is 10.2. The number of hydrogen-bond donors (Lipinski definition) is 2. The number of anilines is 1. The van der Waals surface area contributed by atoms with Crippen molar-refractivity contribution in [1.29, 1.82) is 0 Å². The maximum Gasteiger partial charge on any atom is 0.276 e. The molecule has 0 saturated carbocycles. The van der Waals surface area contributed by atoms with Crippen molar-refractivity contribution in [2.24, 2.45) is 0 Å². The molecule has 0 bridgehead atoms. The van der Waals surface area contributed by atoms with Crippen LogP contribution in [0.15, 0.2) is 35.1 Å². The van der Waals surface area contributed by atoms with Gasteiger partial charge in [0.15, 0.2) is 5.69 Å². The van der Waals surface area contributed by atoms with Crippen LogP contribution in [0.25, 0.3) is 0 Å². The number of ether oxygens (including phenoxy) is 1. The van der Waals surface area contributed by atoms with E-state index >= 15 is 0 Å². The fraction of sp³-hybridized carbons (Fsp3) is 0.267. The van der Waals surface area contributed by atoms with Gasteiger partial charge in [-0.25, -0.2) is 4.98 Å². The molecule has 1 aromatic heterocycles. The molecule has 7 nitrogen and oxygen atoms in total. The number of morpholine rings is 1. The first-order chi connectivity index (χ1) is 11.1. The van der Waals surface area contributed by atoms with Gasteiger partial charge < -0.3 is 19.9 Å². The standard InChI is InChI=1S/C15H15BrN4O3/c16-10-1-3-11(4-2-10)19-14(21)12-13(18-9-17-12)15(22)20-5-7-23-8-6-20/h1-4,9H,5-8H2,(H,17,18)(H,19,21). The summed E-state index contributed by atoms with van der Waals surface area (Å²) in [5.41, 5.74) is 0.914. The van der Waals surface area contributed by atoms with Crippen LogP contribution < -0.4 is 5.32 Å². The fourth-order valence-electron chi connectivity index (χ4n) is 2.28. The monoisotopic (exact) mass is 378 g/mol. The number of carbonyl (C=O) groups is 2. The largest absolute Gasteiger partial charge is 0.378 e. The second kappa shape index (κ2) is 6.93. The second-order valence-corrected chi connectivity index (χ2v) is 5.91. The van der Waals surface area contributed by atoms with Gasteiger partial charge >= 0.3 is 0 Å². The Balaban J connectivity index is 1.75. The smallest absolute Gasteiger partial charge is 0.276 e. The van der Waals surface area contributed by atoms with Crippen molar-refractivity contribution in [3.8, 4) is 0 Å². The van der Waals surface area contributed by atoms with E-state index < -0.39 is 5.91 Å². The van der Waals surface area contributed by atoms with Crippen LogP contribution >= 0.6 is 15.9 Å². The first kappa shape index (κ1) is 15.7. The Morgan fingerprint density at radius 2 is 1.91 bits per heavy atom. The first-order valence-corrected chi connectivity index (χ1v) is 7.92. The Morgan fingerprint density at radius 1 is 1.22 bits per heavy atom. The van der Waals surface area contributed by atoms with Gasteiger partial charge in [-0.05, 0) is 24.3 Å². The third kappa shape index (κ3) is 3.59. The van der Waals surface area contributed by atoms with Crippen molar-refractivity contribution in [1.82, 2.24) is 14.9 Å². The lowest BCUT2D eigenvalue weighted by Crippen LogP contribution is -2.41. The first-order valence-electron chi connectivity index (χ1n) is 7.12. The zero-order chi connectivity index (χ0) is 16.2. The van der Waals surface area contributed by atoms with Crippen molar-refractivity contribution >= 4 is 33.4 Å². The highest BCUT2D eigenvalue weighted by molar-refractivity contribution is 9.10. The topological polar surface area (TPSA) is 87.3 Å². The van der Waals surface area contributed by atoms with Crippen LogP contribution in [0.3, 0.4) is 0 Å². The van der Waals surface area contributed by atoms with Gasteiger partial charge in [0.25, 0.3) is 11.8 Å². The molecule has 0 spiro atoms. The highest BCUT2D eigenvalue weighted by Gasteiger charge is 2.25. The SMILES string of the molecule is O=C(Nc1ccc(Br)cc1)c1nc[nH]c1C(=O)N1CCOCC1. The number of aromatic nitrogens is 2. The molecule has 0 unspecified atom stereocenters. The molecule has 120 valence electrons. The maximum absolute atomic E-state index is 12.5. The zero-order valence-electron chi connectivity index (χ0n) is 12.2. The zero-order valence-corrected chi connectivity index (χ0v) is 13.8. The molecule has 3 rings (SSSR count). The highest BCUT2D eigenvalue weighted by Crippen LogP contribution is 2.16. The molecule has 2 amide bonds. The van der Waals surface area contributed by atoms with E-state index in [1.807, 2.05) is 12.1 Å². The summed E-state index contributed by atoms with van der Waals surface area (Å²) in [6, 6.07) is 7.16. The quantitative estimate of drug-likeness (QED) is 0.853. The Hall–Kier alpha value is -2.19. The lowest BCUT2D eigenvalue weighted by molar-refractivity contribution is 0.0298. The number of benzene rings is 1. The van der Waals surface area contributed by atoms with Gasteiger partial charge in [0.05, 0.1) is 19.5 Å². The third-order valence-corrected chi connectivity index (χ3v) is 4.00. The number of carbonyl (C=O) groups excluding carboxylic acids is 2. The number of nitrogens with zero attached hydrogens (tertiary/aromatic N) is 2. The van der Waals surface area contributed by atoms with Crippen molar-refractivity contribution in [2.45, 2.75) is 0 Å². The molecule has 2 heterocycles. The van der Waals surface area contributed by atoms with Gasteiger partial charge in [-0.15, -0.1) is 0 Å². The van der Waals surface area contributed by atoms with Gasteiger partial charge in [0.1, 0.15) is 5.69 Å². The number of hydrogen-bond acceptors (Lipinski definition) is 4. The van der Waals surface area contributed by atoms with Crippen molar-refractivity contribution in [3.05, 3.63) is 46.5 Å². The summed E-state index contributed by atoms with van der Waals surface area (Å²) in [4.78, 5) is 33.3. The second-order valence-electron chi connectivity index (χ2n) is 4.99. The van der Waals surface area contributed by atoms with E-state index in [1.165, 1.54) is 6.33 Å². The number of amides is 2. The molecule has 1 aliphatic rings. The van der Waals surface area contributed by atoms with Crippen LogP contribution in [0.2, 0.25) is 0 Å².